The van der Waals surface area contributed by atoms with E-state index in [-0.39, 0.29) is 18.0 Å². The molecular weight excluding hydrogens is 253 g/mol. The molecule has 0 saturated heterocycles. The van der Waals surface area contributed by atoms with E-state index < -0.39 is 0 Å². The molecule has 0 fully saturated rings. The first kappa shape index (κ1) is 13.1. The lowest BCUT2D eigenvalue weighted by atomic mass is 9.91. The SMILES string of the molecule is Cc1ccc(C2C[C@@H](N)c3ccc(F)cc3O2)c(C)c1. The van der Waals surface area contributed by atoms with Crippen molar-refractivity contribution in [2.75, 3.05) is 0 Å². The molecule has 0 aromatic heterocycles. The lowest BCUT2D eigenvalue weighted by Gasteiger charge is -2.31. The number of hydrogen-bond donors (Lipinski definition) is 1. The molecule has 0 aliphatic carbocycles. The number of fused-ring (bicyclic) bond motifs is 1. The maximum Gasteiger partial charge on any atom is 0.127 e. The fourth-order valence-corrected chi connectivity index (χ4v) is 2.85. The quantitative estimate of drug-likeness (QED) is 0.852. The fraction of sp³-hybridized carbons (Fsp3) is 0.294. The van der Waals surface area contributed by atoms with E-state index in [1.807, 2.05) is 0 Å². The number of benzene rings is 2. The molecule has 2 atom stereocenters. The zero-order valence-electron chi connectivity index (χ0n) is 11.7. The molecule has 1 unspecified atom stereocenters. The number of hydrogen-bond acceptors (Lipinski definition) is 2. The topological polar surface area (TPSA) is 35.2 Å². The van der Waals surface area contributed by atoms with Gasteiger partial charge in [-0.05, 0) is 31.0 Å². The molecule has 1 aliphatic rings. The molecule has 3 heteroatoms. The van der Waals surface area contributed by atoms with Crippen molar-refractivity contribution in [3.63, 3.8) is 0 Å². The molecule has 2 N–H and O–H groups in total. The van der Waals surface area contributed by atoms with Gasteiger partial charge in [0.2, 0.25) is 0 Å². The second-order valence-corrected chi connectivity index (χ2v) is 5.49. The van der Waals surface area contributed by atoms with Crippen LogP contribution < -0.4 is 10.5 Å². The van der Waals surface area contributed by atoms with Gasteiger partial charge in [-0.15, -0.1) is 0 Å². The van der Waals surface area contributed by atoms with Gasteiger partial charge in [-0.3, -0.25) is 0 Å². The van der Waals surface area contributed by atoms with E-state index in [4.69, 9.17) is 10.5 Å². The van der Waals surface area contributed by atoms with E-state index >= 15 is 0 Å². The van der Waals surface area contributed by atoms with E-state index in [2.05, 4.69) is 32.0 Å². The third-order valence-corrected chi connectivity index (χ3v) is 3.88. The fourth-order valence-electron chi connectivity index (χ4n) is 2.85. The van der Waals surface area contributed by atoms with Crippen LogP contribution in [0.2, 0.25) is 0 Å². The Morgan fingerprint density at radius 3 is 2.60 bits per heavy atom. The Morgan fingerprint density at radius 2 is 1.85 bits per heavy atom. The second kappa shape index (κ2) is 4.91. The zero-order valence-corrected chi connectivity index (χ0v) is 11.7. The summed E-state index contributed by atoms with van der Waals surface area (Å²) in [6, 6.07) is 10.7. The molecule has 0 amide bonds. The van der Waals surface area contributed by atoms with Gasteiger partial charge in [0, 0.05) is 24.1 Å². The Bertz CT molecular complexity index is 653. The highest BCUT2D eigenvalue weighted by Gasteiger charge is 2.28. The number of halogens is 1. The summed E-state index contributed by atoms with van der Waals surface area (Å²) < 4.78 is 19.3. The number of rotatable bonds is 1. The highest BCUT2D eigenvalue weighted by Crippen LogP contribution is 2.40. The van der Waals surface area contributed by atoms with Crippen LogP contribution >= 0.6 is 0 Å². The van der Waals surface area contributed by atoms with Crippen LogP contribution in [0.4, 0.5) is 4.39 Å². The van der Waals surface area contributed by atoms with E-state index in [9.17, 15) is 4.39 Å². The number of nitrogens with two attached hydrogens (primary N) is 1. The molecule has 0 bridgehead atoms. The van der Waals surface area contributed by atoms with Crippen LogP contribution in [0.5, 0.6) is 5.75 Å². The Morgan fingerprint density at radius 1 is 1.10 bits per heavy atom. The van der Waals surface area contributed by atoms with Gasteiger partial charge in [0.25, 0.3) is 0 Å². The van der Waals surface area contributed by atoms with Crippen LogP contribution in [0.15, 0.2) is 36.4 Å². The molecule has 20 heavy (non-hydrogen) atoms. The average Bonchev–Trinajstić information content (AvgIpc) is 2.37. The zero-order chi connectivity index (χ0) is 14.3. The minimum atomic E-state index is -0.294. The summed E-state index contributed by atoms with van der Waals surface area (Å²) in [7, 11) is 0. The first-order chi connectivity index (χ1) is 9.54. The molecule has 2 aromatic carbocycles. The molecule has 2 nitrogen and oxygen atoms in total. The van der Waals surface area contributed by atoms with Crippen molar-refractivity contribution in [1.82, 2.24) is 0 Å². The third-order valence-electron chi connectivity index (χ3n) is 3.88. The van der Waals surface area contributed by atoms with Gasteiger partial charge in [-0.25, -0.2) is 4.39 Å². The first-order valence-electron chi connectivity index (χ1n) is 6.83. The van der Waals surface area contributed by atoms with Gasteiger partial charge >= 0.3 is 0 Å². The van der Waals surface area contributed by atoms with Crippen LogP contribution in [0.25, 0.3) is 0 Å². The molecule has 0 saturated carbocycles. The summed E-state index contributed by atoms with van der Waals surface area (Å²) in [6.07, 6.45) is 0.600. The summed E-state index contributed by atoms with van der Waals surface area (Å²) >= 11 is 0. The van der Waals surface area contributed by atoms with Crippen LogP contribution in [0.1, 0.15) is 40.8 Å². The second-order valence-electron chi connectivity index (χ2n) is 5.49. The van der Waals surface area contributed by atoms with Gasteiger partial charge in [-0.1, -0.05) is 29.8 Å². The van der Waals surface area contributed by atoms with Gasteiger partial charge < -0.3 is 10.5 Å². The van der Waals surface area contributed by atoms with Gasteiger partial charge in [-0.2, -0.15) is 0 Å². The summed E-state index contributed by atoms with van der Waals surface area (Å²) in [4.78, 5) is 0. The van der Waals surface area contributed by atoms with Gasteiger partial charge in [0.15, 0.2) is 0 Å². The molecule has 3 rings (SSSR count). The third kappa shape index (κ3) is 2.29. The summed E-state index contributed by atoms with van der Waals surface area (Å²) in [5.41, 5.74) is 10.6. The summed E-state index contributed by atoms with van der Waals surface area (Å²) in [6.45, 7) is 4.13. The Hall–Kier alpha value is -1.87. The largest absolute Gasteiger partial charge is 0.485 e. The molecule has 0 spiro atoms. The van der Waals surface area contributed by atoms with Gasteiger partial charge in [0.1, 0.15) is 17.7 Å². The molecule has 1 heterocycles. The van der Waals surface area contributed by atoms with Crippen LogP contribution in [-0.2, 0) is 0 Å². The smallest absolute Gasteiger partial charge is 0.127 e. The predicted molar refractivity (Wildman–Crippen MR) is 77.2 cm³/mol. The van der Waals surface area contributed by atoms with Crippen molar-refractivity contribution in [2.24, 2.45) is 5.73 Å². The maximum atomic E-state index is 13.4. The van der Waals surface area contributed by atoms with Crippen molar-refractivity contribution in [3.8, 4) is 5.75 Å². The average molecular weight is 271 g/mol. The summed E-state index contributed by atoms with van der Waals surface area (Å²) in [5.74, 6) is 0.269. The minimum Gasteiger partial charge on any atom is -0.485 e. The Labute approximate surface area is 118 Å². The van der Waals surface area contributed by atoms with Gasteiger partial charge in [0.05, 0.1) is 0 Å². The van der Waals surface area contributed by atoms with Crippen LogP contribution in [0, 0.1) is 19.7 Å². The summed E-state index contributed by atoms with van der Waals surface area (Å²) in [5, 5.41) is 0. The Balaban J connectivity index is 1.98. The first-order valence-corrected chi connectivity index (χ1v) is 6.83. The van der Waals surface area contributed by atoms with Crippen molar-refractivity contribution in [3.05, 3.63) is 64.5 Å². The standard InChI is InChI=1S/C17H18FNO/c1-10-3-5-13(11(2)7-10)17-9-15(19)14-6-4-12(18)8-16(14)20-17/h3-8,15,17H,9,19H2,1-2H3/t15-,17?/m1/s1. The van der Waals surface area contributed by atoms with Crippen molar-refractivity contribution in [2.45, 2.75) is 32.4 Å². The number of ether oxygens (including phenoxy) is 1. The molecule has 1 aliphatic heterocycles. The van der Waals surface area contributed by atoms with Crippen molar-refractivity contribution < 1.29 is 9.13 Å². The molecule has 0 radical (unpaired) electrons. The van der Waals surface area contributed by atoms with E-state index in [1.165, 1.54) is 23.3 Å². The predicted octanol–water partition coefficient (Wildman–Crippen LogP) is 3.97. The maximum absolute atomic E-state index is 13.4. The van der Waals surface area contributed by atoms with E-state index in [0.29, 0.717) is 12.2 Å². The van der Waals surface area contributed by atoms with Crippen LogP contribution in [0.3, 0.4) is 0 Å². The minimum absolute atomic E-state index is 0.111. The normalized spacial score (nSPS) is 21.2. The monoisotopic (exact) mass is 271 g/mol. The molecular formula is C17H18FNO. The van der Waals surface area contributed by atoms with E-state index in [0.717, 1.165) is 11.1 Å². The molecule has 104 valence electrons. The Kier molecular flexibility index (Phi) is 3.22. The highest BCUT2D eigenvalue weighted by molar-refractivity contribution is 5.41. The molecule has 2 aromatic rings. The van der Waals surface area contributed by atoms with Crippen molar-refractivity contribution >= 4 is 0 Å². The lowest BCUT2D eigenvalue weighted by Crippen LogP contribution is -2.24. The van der Waals surface area contributed by atoms with Crippen molar-refractivity contribution in [1.29, 1.82) is 0 Å². The lowest BCUT2D eigenvalue weighted by molar-refractivity contribution is 0.160. The number of aryl methyl sites for hydroxylation is 2. The van der Waals surface area contributed by atoms with E-state index in [1.54, 1.807) is 6.07 Å². The van der Waals surface area contributed by atoms with Crippen LogP contribution in [-0.4, -0.2) is 0 Å². The highest BCUT2D eigenvalue weighted by atomic mass is 19.1.